The van der Waals surface area contributed by atoms with E-state index in [4.69, 9.17) is 9.47 Å². The Kier molecular flexibility index (Phi) is 7.03. The first-order chi connectivity index (χ1) is 12.5. The second kappa shape index (κ2) is 9.47. The van der Waals surface area contributed by atoms with Crippen molar-refractivity contribution >= 4 is 39.9 Å². The number of rotatable bonds is 8. The standard InChI is InChI=1S/C16H18N4O5S/c1-10-19-20-16(26-10)18-13(21)7-8-15(23)25-9-14(22)17-11-3-5-12(24-2)6-4-11/h3-6H,7-9H2,1-2H3,(H,17,22)(H,18,20,21). The molecule has 0 aliphatic heterocycles. The zero-order chi connectivity index (χ0) is 18.9. The van der Waals surface area contributed by atoms with Crippen LogP contribution < -0.4 is 15.4 Å². The minimum Gasteiger partial charge on any atom is -0.497 e. The van der Waals surface area contributed by atoms with Gasteiger partial charge >= 0.3 is 5.97 Å². The maximum absolute atomic E-state index is 11.7. The summed E-state index contributed by atoms with van der Waals surface area (Å²) in [4.78, 5) is 35.0. The van der Waals surface area contributed by atoms with Gasteiger partial charge in [0.2, 0.25) is 11.0 Å². The fraction of sp³-hybridized carbons (Fsp3) is 0.312. The van der Waals surface area contributed by atoms with Crippen LogP contribution in [0.3, 0.4) is 0 Å². The first kappa shape index (κ1) is 19.3. The smallest absolute Gasteiger partial charge is 0.306 e. The fourth-order valence-electron chi connectivity index (χ4n) is 1.83. The number of nitrogens with zero attached hydrogens (tertiary/aromatic N) is 2. The van der Waals surface area contributed by atoms with Gasteiger partial charge in [-0.15, -0.1) is 10.2 Å². The van der Waals surface area contributed by atoms with Crippen LogP contribution in [0.4, 0.5) is 10.8 Å². The summed E-state index contributed by atoms with van der Waals surface area (Å²) in [7, 11) is 1.54. The molecule has 1 aromatic heterocycles. The lowest BCUT2D eigenvalue weighted by Crippen LogP contribution is -2.21. The summed E-state index contributed by atoms with van der Waals surface area (Å²) in [5, 5.41) is 13.7. The molecule has 0 bridgehead atoms. The van der Waals surface area contributed by atoms with Crippen molar-refractivity contribution in [1.29, 1.82) is 0 Å². The SMILES string of the molecule is COc1ccc(NC(=O)COC(=O)CCC(=O)Nc2nnc(C)s2)cc1. The molecular formula is C16H18N4O5S. The van der Waals surface area contributed by atoms with Crippen LogP contribution in [0.5, 0.6) is 5.75 Å². The maximum atomic E-state index is 11.7. The molecule has 2 N–H and O–H groups in total. The zero-order valence-corrected chi connectivity index (χ0v) is 15.1. The molecule has 26 heavy (non-hydrogen) atoms. The highest BCUT2D eigenvalue weighted by Crippen LogP contribution is 2.15. The first-order valence-electron chi connectivity index (χ1n) is 7.66. The van der Waals surface area contributed by atoms with E-state index < -0.39 is 18.5 Å². The van der Waals surface area contributed by atoms with Crippen LogP contribution in [0, 0.1) is 6.92 Å². The van der Waals surface area contributed by atoms with Gasteiger partial charge in [-0.1, -0.05) is 11.3 Å². The van der Waals surface area contributed by atoms with Gasteiger partial charge in [0.1, 0.15) is 10.8 Å². The molecule has 9 nitrogen and oxygen atoms in total. The predicted molar refractivity (Wildman–Crippen MR) is 95.1 cm³/mol. The van der Waals surface area contributed by atoms with Gasteiger partial charge in [-0.05, 0) is 31.2 Å². The number of hydrogen-bond donors (Lipinski definition) is 2. The van der Waals surface area contributed by atoms with Crippen molar-refractivity contribution in [1.82, 2.24) is 10.2 Å². The quantitative estimate of drug-likeness (QED) is 0.672. The second-order valence-corrected chi connectivity index (χ2v) is 6.29. The summed E-state index contributed by atoms with van der Waals surface area (Å²) in [5.41, 5.74) is 0.554. The Morgan fingerprint density at radius 1 is 1.04 bits per heavy atom. The molecule has 1 heterocycles. The molecule has 0 spiro atoms. The molecular weight excluding hydrogens is 360 g/mol. The van der Waals surface area contributed by atoms with Crippen molar-refractivity contribution in [2.75, 3.05) is 24.4 Å². The first-order valence-corrected chi connectivity index (χ1v) is 8.47. The van der Waals surface area contributed by atoms with Gasteiger partial charge in [-0.25, -0.2) is 0 Å². The maximum Gasteiger partial charge on any atom is 0.306 e. The Balaban J connectivity index is 1.65. The molecule has 10 heteroatoms. The molecule has 0 unspecified atom stereocenters. The third kappa shape index (κ3) is 6.48. The number of anilines is 2. The van der Waals surface area contributed by atoms with E-state index in [0.29, 0.717) is 16.6 Å². The Morgan fingerprint density at radius 2 is 1.77 bits per heavy atom. The van der Waals surface area contributed by atoms with E-state index in [1.54, 1.807) is 38.3 Å². The molecule has 0 aliphatic rings. The van der Waals surface area contributed by atoms with Crippen LogP contribution in [0.1, 0.15) is 17.8 Å². The van der Waals surface area contributed by atoms with E-state index in [1.807, 2.05) is 0 Å². The number of nitrogens with one attached hydrogen (secondary N) is 2. The molecule has 0 fully saturated rings. The Labute approximate surface area is 153 Å². The van der Waals surface area contributed by atoms with E-state index in [1.165, 1.54) is 11.3 Å². The molecule has 138 valence electrons. The van der Waals surface area contributed by atoms with E-state index in [-0.39, 0.29) is 18.7 Å². The van der Waals surface area contributed by atoms with Gasteiger partial charge in [0.05, 0.1) is 13.5 Å². The summed E-state index contributed by atoms with van der Waals surface area (Å²) in [5.74, 6) is -0.826. The van der Waals surface area contributed by atoms with Crippen LogP contribution >= 0.6 is 11.3 Å². The minimum atomic E-state index is -0.640. The molecule has 0 saturated carbocycles. The topological polar surface area (TPSA) is 120 Å². The number of hydrogen-bond acceptors (Lipinski definition) is 8. The van der Waals surface area contributed by atoms with Gasteiger partial charge in [0, 0.05) is 12.1 Å². The van der Waals surface area contributed by atoms with Crippen LogP contribution in [0.2, 0.25) is 0 Å². The summed E-state index contributed by atoms with van der Waals surface area (Å²) in [6, 6.07) is 6.72. The van der Waals surface area contributed by atoms with Crippen molar-refractivity contribution in [3.05, 3.63) is 29.3 Å². The van der Waals surface area contributed by atoms with Crippen LogP contribution in [-0.2, 0) is 19.1 Å². The number of amides is 2. The lowest BCUT2D eigenvalue weighted by molar-refractivity contribution is -0.147. The average molecular weight is 378 g/mol. The predicted octanol–water partition coefficient (Wildman–Crippen LogP) is 1.76. The lowest BCUT2D eigenvalue weighted by atomic mass is 10.3. The van der Waals surface area contributed by atoms with Crippen molar-refractivity contribution in [3.8, 4) is 5.75 Å². The van der Waals surface area contributed by atoms with Crippen molar-refractivity contribution < 1.29 is 23.9 Å². The van der Waals surface area contributed by atoms with E-state index in [9.17, 15) is 14.4 Å². The fourth-order valence-corrected chi connectivity index (χ4v) is 2.44. The number of esters is 1. The van der Waals surface area contributed by atoms with E-state index >= 15 is 0 Å². The van der Waals surface area contributed by atoms with E-state index in [0.717, 1.165) is 5.01 Å². The zero-order valence-electron chi connectivity index (χ0n) is 14.3. The summed E-state index contributed by atoms with van der Waals surface area (Å²) < 4.78 is 9.86. The van der Waals surface area contributed by atoms with Crippen molar-refractivity contribution in [2.24, 2.45) is 0 Å². The van der Waals surface area contributed by atoms with Crippen LogP contribution in [0.25, 0.3) is 0 Å². The monoisotopic (exact) mass is 378 g/mol. The Bertz CT molecular complexity index is 775. The lowest BCUT2D eigenvalue weighted by Gasteiger charge is -2.07. The molecule has 0 radical (unpaired) electrons. The average Bonchev–Trinajstić information content (AvgIpc) is 3.03. The molecule has 0 saturated heterocycles. The van der Waals surface area contributed by atoms with Gasteiger partial charge in [0.15, 0.2) is 6.61 Å². The number of carbonyl (C=O) groups excluding carboxylic acids is 3. The Morgan fingerprint density at radius 3 is 2.38 bits per heavy atom. The third-order valence-electron chi connectivity index (χ3n) is 3.07. The minimum absolute atomic E-state index is 0.0719. The third-order valence-corrected chi connectivity index (χ3v) is 3.82. The van der Waals surface area contributed by atoms with Gasteiger partial charge in [-0.2, -0.15) is 0 Å². The molecule has 2 amide bonds. The summed E-state index contributed by atoms with van der Waals surface area (Å²) >= 11 is 1.24. The number of benzene rings is 1. The van der Waals surface area contributed by atoms with Crippen LogP contribution in [-0.4, -0.2) is 41.7 Å². The van der Waals surface area contributed by atoms with Crippen molar-refractivity contribution in [2.45, 2.75) is 19.8 Å². The highest BCUT2D eigenvalue weighted by Gasteiger charge is 2.12. The number of methoxy groups -OCH3 is 1. The van der Waals surface area contributed by atoms with Crippen LogP contribution in [0.15, 0.2) is 24.3 Å². The molecule has 2 rings (SSSR count). The number of ether oxygens (including phenoxy) is 2. The van der Waals surface area contributed by atoms with E-state index in [2.05, 4.69) is 20.8 Å². The molecule has 0 aliphatic carbocycles. The molecule has 2 aromatic rings. The van der Waals surface area contributed by atoms with Crippen molar-refractivity contribution in [3.63, 3.8) is 0 Å². The van der Waals surface area contributed by atoms with Gasteiger partial charge in [0.25, 0.3) is 5.91 Å². The summed E-state index contributed by atoms with van der Waals surface area (Å²) in [6.07, 6.45) is -0.211. The van der Waals surface area contributed by atoms with Gasteiger partial charge < -0.3 is 20.1 Å². The largest absolute Gasteiger partial charge is 0.497 e. The molecule has 0 atom stereocenters. The second-order valence-electron chi connectivity index (χ2n) is 5.11. The molecule has 1 aromatic carbocycles. The Hall–Kier alpha value is -3.01. The van der Waals surface area contributed by atoms with Gasteiger partial charge in [-0.3, -0.25) is 14.4 Å². The highest BCUT2D eigenvalue weighted by molar-refractivity contribution is 7.15. The summed E-state index contributed by atoms with van der Waals surface area (Å²) in [6.45, 7) is 1.34. The number of aryl methyl sites for hydroxylation is 1. The normalized spacial score (nSPS) is 10.1. The highest BCUT2D eigenvalue weighted by atomic mass is 32.1. The number of carbonyl (C=O) groups is 3. The number of aromatic nitrogens is 2.